The second kappa shape index (κ2) is 7.27. The third-order valence-electron chi connectivity index (χ3n) is 4.27. The Morgan fingerprint density at radius 3 is 2.52 bits per heavy atom. The van der Waals surface area contributed by atoms with E-state index in [1.165, 1.54) is 12.8 Å². The summed E-state index contributed by atoms with van der Waals surface area (Å²) in [6.07, 6.45) is 7.13. The van der Waals surface area contributed by atoms with E-state index in [1.54, 1.807) is 19.5 Å². The molecule has 0 aliphatic heterocycles. The van der Waals surface area contributed by atoms with Gasteiger partial charge in [0.1, 0.15) is 5.75 Å². The SMILES string of the molecule is COc1ccc(C(NC(=O)CCc2ccncc2)C2CC2)cc1. The van der Waals surface area contributed by atoms with E-state index in [9.17, 15) is 4.79 Å². The van der Waals surface area contributed by atoms with Gasteiger partial charge in [-0.15, -0.1) is 0 Å². The molecule has 1 aliphatic rings. The molecule has 0 radical (unpaired) electrons. The molecule has 2 aromatic rings. The highest BCUT2D eigenvalue weighted by Gasteiger charge is 2.33. The minimum absolute atomic E-state index is 0.106. The van der Waals surface area contributed by atoms with Crippen LogP contribution in [0.2, 0.25) is 0 Å². The monoisotopic (exact) mass is 310 g/mol. The van der Waals surface area contributed by atoms with Crippen LogP contribution in [-0.4, -0.2) is 18.0 Å². The van der Waals surface area contributed by atoms with Gasteiger partial charge in [-0.05, 0) is 60.6 Å². The largest absolute Gasteiger partial charge is 0.497 e. The molecule has 120 valence electrons. The lowest BCUT2D eigenvalue weighted by molar-refractivity contribution is -0.122. The predicted octanol–water partition coefficient (Wildman–Crippen LogP) is 3.29. The fourth-order valence-electron chi connectivity index (χ4n) is 2.77. The van der Waals surface area contributed by atoms with E-state index in [0.717, 1.165) is 23.3 Å². The van der Waals surface area contributed by atoms with Crippen LogP contribution < -0.4 is 10.1 Å². The molecular weight excluding hydrogens is 288 g/mol. The van der Waals surface area contributed by atoms with Crippen LogP contribution >= 0.6 is 0 Å². The highest BCUT2D eigenvalue weighted by Crippen LogP contribution is 2.41. The van der Waals surface area contributed by atoms with Crippen LogP contribution in [0, 0.1) is 5.92 Å². The maximum absolute atomic E-state index is 12.3. The van der Waals surface area contributed by atoms with Crippen molar-refractivity contribution in [3.05, 3.63) is 59.9 Å². The second-order valence-corrected chi connectivity index (χ2v) is 6.01. The van der Waals surface area contributed by atoms with Gasteiger partial charge in [0, 0.05) is 18.8 Å². The van der Waals surface area contributed by atoms with Gasteiger partial charge in [-0.25, -0.2) is 0 Å². The molecular formula is C19H22N2O2. The number of benzene rings is 1. The van der Waals surface area contributed by atoms with Crippen molar-refractivity contribution in [2.45, 2.75) is 31.7 Å². The maximum Gasteiger partial charge on any atom is 0.220 e. The lowest BCUT2D eigenvalue weighted by Gasteiger charge is -2.19. The van der Waals surface area contributed by atoms with Crippen molar-refractivity contribution in [1.29, 1.82) is 0 Å². The van der Waals surface area contributed by atoms with Crippen LogP contribution in [0.25, 0.3) is 0 Å². The van der Waals surface area contributed by atoms with Crippen molar-refractivity contribution >= 4 is 5.91 Å². The van der Waals surface area contributed by atoms with Crippen LogP contribution in [0.5, 0.6) is 5.75 Å². The fraction of sp³-hybridized carbons (Fsp3) is 0.368. The number of ether oxygens (including phenoxy) is 1. The smallest absolute Gasteiger partial charge is 0.220 e. The Morgan fingerprint density at radius 2 is 1.91 bits per heavy atom. The number of pyridine rings is 1. The number of carbonyl (C=O) groups is 1. The van der Waals surface area contributed by atoms with Gasteiger partial charge < -0.3 is 10.1 Å². The summed E-state index contributed by atoms with van der Waals surface area (Å²) in [4.78, 5) is 16.3. The zero-order valence-electron chi connectivity index (χ0n) is 13.4. The lowest BCUT2D eigenvalue weighted by Crippen LogP contribution is -2.30. The zero-order chi connectivity index (χ0) is 16.1. The Labute approximate surface area is 136 Å². The summed E-state index contributed by atoms with van der Waals surface area (Å²) in [6, 6.07) is 12.0. The maximum atomic E-state index is 12.3. The third kappa shape index (κ3) is 4.31. The van der Waals surface area contributed by atoms with Crippen molar-refractivity contribution in [2.75, 3.05) is 7.11 Å². The molecule has 1 amide bonds. The standard InChI is InChI=1S/C19H22N2O2/c1-23-17-7-5-16(6-8-17)19(15-3-4-15)21-18(22)9-2-14-10-12-20-13-11-14/h5-8,10-13,15,19H,2-4,9H2,1H3,(H,21,22). The second-order valence-electron chi connectivity index (χ2n) is 6.01. The number of nitrogens with zero attached hydrogens (tertiary/aromatic N) is 1. The summed E-state index contributed by atoms with van der Waals surface area (Å²) >= 11 is 0. The first-order chi connectivity index (χ1) is 11.3. The molecule has 1 atom stereocenters. The van der Waals surface area contributed by atoms with E-state index < -0.39 is 0 Å². The van der Waals surface area contributed by atoms with E-state index in [1.807, 2.05) is 36.4 Å². The van der Waals surface area contributed by atoms with Crippen molar-refractivity contribution in [3.63, 3.8) is 0 Å². The summed E-state index contributed by atoms with van der Waals surface area (Å²) in [5.41, 5.74) is 2.30. The molecule has 3 rings (SSSR count). The van der Waals surface area contributed by atoms with E-state index in [-0.39, 0.29) is 11.9 Å². The molecule has 0 spiro atoms. The topological polar surface area (TPSA) is 51.2 Å². The quantitative estimate of drug-likeness (QED) is 0.854. The number of nitrogens with one attached hydrogen (secondary N) is 1. The summed E-state index contributed by atoms with van der Waals surface area (Å²) in [7, 11) is 1.66. The molecule has 1 unspecified atom stereocenters. The molecule has 1 heterocycles. The molecule has 0 bridgehead atoms. The molecule has 4 nitrogen and oxygen atoms in total. The number of amides is 1. The van der Waals surface area contributed by atoms with Gasteiger partial charge in [0.15, 0.2) is 0 Å². The van der Waals surface area contributed by atoms with Gasteiger partial charge in [-0.2, -0.15) is 0 Å². The highest BCUT2D eigenvalue weighted by molar-refractivity contribution is 5.76. The van der Waals surface area contributed by atoms with Gasteiger partial charge in [0.05, 0.1) is 13.2 Å². The van der Waals surface area contributed by atoms with E-state index in [4.69, 9.17) is 4.74 Å². The molecule has 1 aromatic heterocycles. The Hall–Kier alpha value is -2.36. The van der Waals surface area contributed by atoms with Crippen LogP contribution in [0.15, 0.2) is 48.8 Å². The molecule has 1 aliphatic carbocycles. The van der Waals surface area contributed by atoms with Crippen LogP contribution in [0.4, 0.5) is 0 Å². The predicted molar refractivity (Wildman–Crippen MR) is 89.2 cm³/mol. The zero-order valence-corrected chi connectivity index (χ0v) is 13.4. The Kier molecular flexibility index (Phi) is 4.91. The molecule has 23 heavy (non-hydrogen) atoms. The molecule has 1 saturated carbocycles. The first-order valence-electron chi connectivity index (χ1n) is 8.08. The van der Waals surface area contributed by atoms with Crippen molar-refractivity contribution in [1.82, 2.24) is 10.3 Å². The molecule has 1 N–H and O–H groups in total. The van der Waals surface area contributed by atoms with Gasteiger partial charge >= 0.3 is 0 Å². The lowest BCUT2D eigenvalue weighted by atomic mass is 10.0. The summed E-state index contributed by atoms with van der Waals surface area (Å²) < 4.78 is 5.20. The number of hydrogen-bond acceptors (Lipinski definition) is 3. The third-order valence-corrected chi connectivity index (χ3v) is 4.27. The van der Waals surface area contributed by atoms with Crippen molar-refractivity contribution < 1.29 is 9.53 Å². The van der Waals surface area contributed by atoms with Crippen LogP contribution in [0.1, 0.15) is 36.4 Å². The number of rotatable bonds is 7. The number of aromatic nitrogens is 1. The van der Waals surface area contributed by atoms with Crippen molar-refractivity contribution in [2.24, 2.45) is 5.92 Å². The molecule has 1 fully saturated rings. The van der Waals surface area contributed by atoms with E-state index >= 15 is 0 Å². The highest BCUT2D eigenvalue weighted by atomic mass is 16.5. The number of carbonyl (C=O) groups excluding carboxylic acids is 1. The van der Waals surface area contributed by atoms with E-state index in [0.29, 0.717) is 12.3 Å². The summed E-state index contributed by atoms with van der Waals surface area (Å²) in [5, 5.41) is 3.21. The van der Waals surface area contributed by atoms with Crippen LogP contribution in [0.3, 0.4) is 0 Å². The number of aryl methyl sites for hydroxylation is 1. The first kappa shape index (κ1) is 15.5. The van der Waals surface area contributed by atoms with Gasteiger partial charge in [-0.1, -0.05) is 12.1 Å². The van der Waals surface area contributed by atoms with Crippen molar-refractivity contribution in [3.8, 4) is 5.75 Å². The fourth-order valence-corrected chi connectivity index (χ4v) is 2.77. The van der Waals surface area contributed by atoms with Gasteiger partial charge in [0.2, 0.25) is 5.91 Å². The Balaban J connectivity index is 1.59. The number of hydrogen-bond donors (Lipinski definition) is 1. The molecule has 0 saturated heterocycles. The van der Waals surface area contributed by atoms with Gasteiger partial charge in [0.25, 0.3) is 0 Å². The molecule has 4 heteroatoms. The first-order valence-corrected chi connectivity index (χ1v) is 8.08. The number of methoxy groups -OCH3 is 1. The average Bonchev–Trinajstić information content (AvgIpc) is 3.44. The summed E-state index contributed by atoms with van der Waals surface area (Å²) in [6.45, 7) is 0. The van der Waals surface area contributed by atoms with Gasteiger partial charge in [-0.3, -0.25) is 9.78 Å². The normalized spacial score (nSPS) is 15.0. The van der Waals surface area contributed by atoms with E-state index in [2.05, 4.69) is 10.3 Å². The Bertz CT molecular complexity index is 636. The summed E-state index contributed by atoms with van der Waals surface area (Å²) in [5.74, 6) is 1.51. The minimum Gasteiger partial charge on any atom is -0.497 e. The van der Waals surface area contributed by atoms with Crippen LogP contribution in [-0.2, 0) is 11.2 Å². The Morgan fingerprint density at radius 1 is 1.22 bits per heavy atom. The molecule has 1 aromatic carbocycles. The average molecular weight is 310 g/mol. The minimum atomic E-state index is 0.106.